The highest BCUT2D eigenvalue weighted by Gasteiger charge is 2.15. The number of hydrogen-bond acceptors (Lipinski definition) is 1. The molecule has 122 valence electrons. The molecule has 4 rings (SSSR count). The molecule has 0 bridgehead atoms. The summed E-state index contributed by atoms with van der Waals surface area (Å²) in [6, 6.07) is 17.4. The molecule has 1 saturated carbocycles. The highest BCUT2D eigenvalue weighted by atomic mass is 79.9. The highest BCUT2D eigenvalue weighted by molar-refractivity contribution is 9.11. The van der Waals surface area contributed by atoms with Crippen molar-refractivity contribution in [3.63, 3.8) is 0 Å². The van der Waals surface area contributed by atoms with Crippen molar-refractivity contribution >= 4 is 42.8 Å². The average molecular weight is 445 g/mol. The summed E-state index contributed by atoms with van der Waals surface area (Å²) in [5, 5.41) is 1.14. The molecule has 0 atom stereocenters. The van der Waals surface area contributed by atoms with Gasteiger partial charge in [-0.25, -0.2) is 4.98 Å². The number of halogens is 2. The number of benzene rings is 2. The van der Waals surface area contributed by atoms with Crippen LogP contribution in [-0.4, -0.2) is 4.98 Å². The normalized spacial score (nSPS) is 15.8. The first-order valence-electron chi connectivity index (χ1n) is 8.57. The fourth-order valence-electron chi connectivity index (χ4n) is 3.68. The SMILES string of the molecule is Brc1cc(Br)c2nc(-c3ccc(C4CCCCC4)cc3)ccc2c1. The number of fused-ring (bicyclic) bond motifs is 1. The Balaban J connectivity index is 1.67. The summed E-state index contributed by atoms with van der Waals surface area (Å²) in [6.45, 7) is 0. The van der Waals surface area contributed by atoms with Gasteiger partial charge in [-0.3, -0.25) is 0 Å². The Bertz CT molecular complexity index is 865. The van der Waals surface area contributed by atoms with Crippen LogP contribution < -0.4 is 0 Å². The Kier molecular flexibility index (Phi) is 4.73. The van der Waals surface area contributed by atoms with Gasteiger partial charge in [-0.05, 0) is 58.5 Å². The van der Waals surface area contributed by atoms with Crippen LogP contribution in [0.25, 0.3) is 22.2 Å². The average Bonchev–Trinajstić information content (AvgIpc) is 2.62. The van der Waals surface area contributed by atoms with E-state index in [1.54, 1.807) is 0 Å². The number of aromatic nitrogens is 1. The molecule has 0 unspecified atom stereocenters. The van der Waals surface area contributed by atoms with E-state index in [2.05, 4.69) is 74.3 Å². The van der Waals surface area contributed by atoms with Crippen LogP contribution in [0.1, 0.15) is 43.6 Å². The maximum atomic E-state index is 4.86. The van der Waals surface area contributed by atoms with Crippen molar-refractivity contribution in [2.75, 3.05) is 0 Å². The second-order valence-corrected chi connectivity index (χ2v) is 8.38. The van der Waals surface area contributed by atoms with E-state index >= 15 is 0 Å². The van der Waals surface area contributed by atoms with Gasteiger partial charge in [0.25, 0.3) is 0 Å². The largest absolute Gasteiger partial charge is 0.247 e. The molecule has 3 heteroatoms. The van der Waals surface area contributed by atoms with Gasteiger partial charge in [-0.2, -0.15) is 0 Å². The van der Waals surface area contributed by atoms with E-state index < -0.39 is 0 Å². The van der Waals surface area contributed by atoms with E-state index in [0.29, 0.717) is 0 Å². The van der Waals surface area contributed by atoms with Gasteiger partial charge in [0.15, 0.2) is 0 Å². The van der Waals surface area contributed by atoms with Gasteiger partial charge in [-0.15, -0.1) is 0 Å². The zero-order chi connectivity index (χ0) is 16.5. The van der Waals surface area contributed by atoms with Gasteiger partial charge >= 0.3 is 0 Å². The first-order chi connectivity index (χ1) is 11.7. The molecular formula is C21H19Br2N. The molecule has 1 aliphatic rings. The third kappa shape index (κ3) is 3.29. The Labute approximate surface area is 159 Å². The van der Waals surface area contributed by atoms with Crippen molar-refractivity contribution in [1.82, 2.24) is 4.98 Å². The van der Waals surface area contributed by atoms with Crippen LogP contribution in [0.5, 0.6) is 0 Å². The lowest BCUT2D eigenvalue weighted by atomic mass is 9.84. The van der Waals surface area contributed by atoms with E-state index in [9.17, 15) is 0 Å². The van der Waals surface area contributed by atoms with Crippen LogP contribution in [0, 0.1) is 0 Å². The first kappa shape index (κ1) is 16.3. The van der Waals surface area contributed by atoms with Crippen molar-refractivity contribution in [3.05, 3.63) is 63.0 Å². The van der Waals surface area contributed by atoms with Crippen molar-refractivity contribution in [3.8, 4) is 11.3 Å². The Hall–Kier alpha value is -1.19. The summed E-state index contributed by atoms with van der Waals surface area (Å²) < 4.78 is 2.08. The van der Waals surface area contributed by atoms with Crippen LogP contribution >= 0.6 is 31.9 Å². The quantitative estimate of drug-likeness (QED) is 0.399. The maximum absolute atomic E-state index is 4.86. The number of rotatable bonds is 2. The minimum Gasteiger partial charge on any atom is -0.247 e. The lowest BCUT2D eigenvalue weighted by molar-refractivity contribution is 0.443. The van der Waals surface area contributed by atoms with Crippen LogP contribution in [-0.2, 0) is 0 Å². The van der Waals surface area contributed by atoms with Gasteiger partial charge in [-0.1, -0.05) is 65.5 Å². The Morgan fingerprint density at radius 2 is 1.58 bits per heavy atom. The molecule has 2 aromatic carbocycles. The monoisotopic (exact) mass is 443 g/mol. The van der Waals surface area contributed by atoms with Crippen LogP contribution in [0.4, 0.5) is 0 Å². The van der Waals surface area contributed by atoms with E-state index in [1.807, 2.05) is 6.07 Å². The van der Waals surface area contributed by atoms with Crippen LogP contribution in [0.3, 0.4) is 0 Å². The third-order valence-electron chi connectivity index (χ3n) is 4.99. The molecule has 0 saturated heterocycles. The van der Waals surface area contributed by atoms with Crippen molar-refractivity contribution in [1.29, 1.82) is 0 Å². The zero-order valence-electron chi connectivity index (χ0n) is 13.4. The summed E-state index contributed by atoms with van der Waals surface area (Å²) in [5.41, 5.74) is 4.71. The van der Waals surface area contributed by atoms with Crippen LogP contribution in [0.2, 0.25) is 0 Å². The second kappa shape index (κ2) is 6.97. The van der Waals surface area contributed by atoms with Gasteiger partial charge < -0.3 is 0 Å². The fourth-order valence-corrected chi connectivity index (χ4v) is 5.03. The minimum absolute atomic E-state index is 0.754. The number of pyridine rings is 1. The molecule has 1 aliphatic carbocycles. The molecule has 0 spiro atoms. The molecule has 24 heavy (non-hydrogen) atoms. The predicted octanol–water partition coefficient (Wildman–Crippen LogP) is 7.47. The molecule has 0 amide bonds. The molecule has 0 aliphatic heterocycles. The lowest BCUT2D eigenvalue weighted by Crippen LogP contribution is -2.04. The molecule has 0 N–H and O–H groups in total. The summed E-state index contributed by atoms with van der Waals surface area (Å²) in [7, 11) is 0. The van der Waals surface area contributed by atoms with E-state index in [1.165, 1.54) is 43.2 Å². The predicted molar refractivity (Wildman–Crippen MR) is 108 cm³/mol. The Morgan fingerprint density at radius 1 is 0.833 bits per heavy atom. The molecule has 0 radical (unpaired) electrons. The topological polar surface area (TPSA) is 12.9 Å². The summed E-state index contributed by atoms with van der Waals surface area (Å²) >= 11 is 7.16. The van der Waals surface area contributed by atoms with Gasteiger partial charge in [0.05, 0.1) is 11.2 Å². The second-order valence-electron chi connectivity index (χ2n) is 6.61. The zero-order valence-corrected chi connectivity index (χ0v) is 16.6. The van der Waals surface area contributed by atoms with Crippen LogP contribution in [0.15, 0.2) is 57.5 Å². The van der Waals surface area contributed by atoms with Gasteiger partial charge in [0.1, 0.15) is 0 Å². The molecule has 1 aromatic heterocycles. The van der Waals surface area contributed by atoms with Crippen molar-refractivity contribution in [2.45, 2.75) is 38.0 Å². The van der Waals surface area contributed by atoms with E-state index in [0.717, 1.165) is 31.5 Å². The summed E-state index contributed by atoms with van der Waals surface area (Å²) in [6.07, 6.45) is 6.84. The number of hydrogen-bond donors (Lipinski definition) is 0. The standard InChI is InChI=1S/C21H19Br2N/c22-18-12-17-10-11-20(24-21(17)19(23)13-18)16-8-6-15(7-9-16)14-4-2-1-3-5-14/h6-14H,1-5H2. The highest BCUT2D eigenvalue weighted by Crippen LogP contribution is 2.34. The van der Waals surface area contributed by atoms with Gasteiger partial charge in [0, 0.05) is 19.9 Å². The fraction of sp³-hybridized carbons (Fsp3) is 0.286. The number of nitrogens with zero attached hydrogens (tertiary/aromatic N) is 1. The third-order valence-corrected chi connectivity index (χ3v) is 6.06. The van der Waals surface area contributed by atoms with Crippen molar-refractivity contribution in [2.24, 2.45) is 0 Å². The van der Waals surface area contributed by atoms with Gasteiger partial charge in [0.2, 0.25) is 0 Å². The molecule has 1 heterocycles. The lowest BCUT2D eigenvalue weighted by Gasteiger charge is -2.22. The Morgan fingerprint density at radius 3 is 2.33 bits per heavy atom. The van der Waals surface area contributed by atoms with E-state index in [-0.39, 0.29) is 0 Å². The molecular weight excluding hydrogens is 426 g/mol. The maximum Gasteiger partial charge on any atom is 0.0852 e. The molecule has 1 fully saturated rings. The van der Waals surface area contributed by atoms with Crippen molar-refractivity contribution < 1.29 is 0 Å². The molecule has 1 nitrogen and oxygen atoms in total. The summed E-state index contributed by atoms with van der Waals surface area (Å²) in [4.78, 5) is 4.86. The minimum atomic E-state index is 0.754. The smallest absolute Gasteiger partial charge is 0.0852 e. The summed E-state index contributed by atoms with van der Waals surface area (Å²) in [5.74, 6) is 0.754. The first-order valence-corrected chi connectivity index (χ1v) is 10.2. The van der Waals surface area contributed by atoms with E-state index in [4.69, 9.17) is 4.98 Å². The molecule has 3 aromatic rings.